The van der Waals surface area contributed by atoms with E-state index in [4.69, 9.17) is 19.2 Å². The van der Waals surface area contributed by atoms with Gasteiger partial charge in [0.25, 0.3) is 11.8 Å². The molecule has 1 unspecified atom stereocenters. The molecule has 2 aromatic carbocycles. The van der Waals surface area contributed by atoms with Gasteiger partial charge in [-0.15, -0.1) is 11.3 Å². The third kappa shape index (κ3) is 11.1. The van der Waals surface area contributed by atoms with Crippen molar-refractivity contribution in [2.24, 2.45) is 0 Å². The third-order valence-corrected chi connectivity index (χ3v) is 15.5. The molecule has 348 valence electrons. The number of carbonyl (C=O) groups excluding carboxylic acids is 2. The first-order valence-electron chi connectivity index (χ1n) is 23.9. The number of morpholine rings is 1. The van der Waals surface area contributed by atoms with Gasteiger partial charge < -0.3 is 34.6 Å². The average molecular weight is 901 g/mol. The van der Waals surface area contributed by atoms with Crippen LogP contribution in [0.1, 0.15) is 116 Å². The van der Waals surface area contributed by atoms with Crippen LogP contribution in [-0.4, -0.2) is 149 Å². The first-order chi connectivity index (χ1) is 31.1. The number of piperidine rings is 1. The SMILES string of the molecule is CCC(CC)c1nc(C(=O)N2CCOC3(CCN(Cc4cccc(CCOC5CCN(CCN(CCc6ccc(O)c7c6OCC(=O)N7)C6CCCCC6)[C@@H]5C(=O)O)c4)CC3)C2)cs1. The minimum atomic E-state index is -0.838. The quantitative estimate of drug-likeness (QED) is 0.119. The number of hydrogen-bond acceptors (Lipinski definition) is 12. The van der Waals surface area contributed by atoms with E-state index in [1.807, 2.05) is 16.3 Å². The number of carbonyl (C=O) groups is 3. The van der Waals surface area contributed by atoms with Crippen molar-refractivity contribution >= 4 is 34.8 Å². The van der Waals surface area contributed by atoms with Gasteiger partial charge in [0.1, 0.15) is 23.2 Å². The van der Waals surface area contributed by atoms with E-state index in [1.165, 1.54) is 30.4 Å². The zero-order valence-electron chi connectivity index (χ0n) is 37.8. The lowest BCUT2D eigenvalue weighted by Gasteiger charge is -2.47. The van der Waals surface area contributed by atoms with Gasteiger partial charge in [-0.1, -0.05) is 63.4 Å². The van der Waals surface area contributed by atoms with E-state index in [-0.39, 0.29) is 35.9 Å². The highest BCUT2D eigenvalue weighted by atomic mass is 32.1. The zero-order valence-corrected chi connectivity index (χ0v) is 38.6. The molecule has 1 aliphatic carbocycles. The number of phenolic OH excluding ortho intramolecular Hbond substituents is 1. The van der Waals surface area contributed by atoms with E-state index >= 15 is 0 Å². The van der Waals surface area contributed by atoms with E-state index in [9.17, 15) is 24.6 Å². The normalized spacial score (nSPS) is 21.9. The van der Waals surface area contributed by atoms with Crippen molar-refractivity contribution < 1.29 is 38.8 Å². The Hall–Kier alpha value is -4.12. The first kappa shape index (κ1) is 46.4. The maximum atomic E-state index is 13.5. The Kier molecular flexibility index (Phi) is 15.6. The van der Waals surface area contributed by atoms with Gasteiger partial charge in [-0.05, 0) is 80.5 Å². The summed E-state index contributed by atoms with van der Waals surface area (Å²) in [6.45, 7) is 12.0. The number of aromatic nitrogens is 1. The van der Waals surface area contributed by atoms with Gasteiger partial charge >= 0.3 is 5.97 Å². The molecular formula is C49H68N6O8S. The van der Waals surface area contributed by atoms with Gasteiger partial charge in [0.2, 0.25) is 0 Å². The molecule has 64 heavy (non-hydrogen) atoms. The lowest BCUT2D eigenvalue weighted by molar-refractivity contribution is -0.146. The van der Waals surface area contributed by atoms with Crippen LogP contribution in [0.2, 0.25) is 0 Å². The van der Waals surface area contributed by atoms with Crippen LogP contribution < -0.4 is 10.1 Å². The number of rotatable bonds is 18. The van der Waals surface area contributed by atoms with Crippen molar-refractivity contribution in [3.05, 3.63) is 69.2 Å². The van der Waals surface area contributed by atoms with E-state index < -0.39 is 12.0 Å². The van der Waals surface area contributed by atoms with Crippen molar-refractivity contribution in [3.63, 3.8) is 0 Å². The Morgan fingerprint density at radius 3 is 2.59 bits per heavy atom. The maximum Gasteiger partial charge on any atom is 0.323 e. The molecule has 1 spiro atoms. The number of thiazole rings is 1. The number of anilines is 1. The van der Waals surface area contributed by atoms with Crippen LogP contribution in [-0.2, 0) is 38.4 Å². The van der Waals surface area contributed by atoms with Gasteiger partial charge in [-0.25, -0.2) is 4.98 Å². The largest absolute Gasteiger partial charge is 0.506 e. The van der Waals surface area contributed by atoms with Crippen molar-refractivity contribution in [2.45, 2.75) is 127 Å². The Morgan fingerprint density at radius 1 is 1.02 bits per heavy atom. The number of benzene rings is 2. The number of nitrogens with zero attached hydrogens (tertiary/aromatic N) is 5. The monoisotopic (exact) mass is 900 g/mol. The van der Waals surface area contributed by atoms with Crippen LogP contribution in [0.15, 0.2) is 41.8 Å². The molecule has 8 rings (SSSR count). The predicted octanol–water partition coefficient (Wildman–Crippen LogP) is 6.55. The lowest BCUT2D eigenvalue weighted by atomic mass is 9.89. The number of aliphatic carboxylic acids is 1. The number of carboxylic acid groups (broad SMARTS) is 1. The topological polar surface area (TPSA) is 157 Å². The molecule has 0 bridgehead atoms. The number of likely N-dealkylation sites (tertiary alicyclic amines) is 2. The van der Waals surface area contributed by atoms with Gasteiger partial charge in [0, 0.05) is 69.7 Å². The molecule has 3 saturated heterocycles. The van der Waals surface area contributed by atoms with Crippen LogP contribution in [0.5, 0.6) is 11.5 Å². The Balaban J connectivity index is 0.798. The number of phenols is 1. The molecule has 2 amide bonds. The second-order valence-corrected chi connectivity index (χ2v) is 19.5. The summed E-state index contributed by atoms with van der Waals surface area (Å²) in [5.74, 6) is -0.161. The average Bonchev–Trinajstić information content (AvgIpc) is 3.97. The second-order valence-electron chi connectivity index (χ2n) is 18.6. The molecule has 5 aliphatic rings. The van der Waals surface area contributed by atoms with Crippen LogP contribution in [0.3, 0.4) is 0 Å². The summed E-state index contributed by atoms with van der Waals surface area (Å²) in [4.78, 5) is 52.0. The minimum Gasteiger partial charge on any atom is -0.506 e. The van der Waals surface area contributed by atoms with Crippen molar-refractivity contribution in [3.8, 4) is 11.5 Å². The summed E-state index contributed by atoms with van der Waals surface area (Å²) in [6, 6.07) is 11.9. The van der Waals surface area contributed by atoms with Crippen LogP contribution in [0.25, 0.3) is 0 Å². The fraction of sp³-hybridized carbons (Fsp3) is 0.633. The van der Waals surface area contributed by atoms with Crippen LogP contribution >= 0.6 is 11.3 Å². The number of hydrogen-bond donors (Lipinski definition) is 3. The molecular weight excluding hydrogens is 833 g/mol. The summed E-state index contributed by atoms with van der Waals surface area (Å²) in [7, 11) is 0. The van der Waals surface area contributed by atoms with Crippen molar-refractivity contribution in [1.29, 1.82) is 0 Å². The van der Waals surface area contributed by atoms with E-state index in [0.29, 0.717) is 87.7 Å². The Labute approximate surface area is 382 Å². The molecule has 1 aromatic heterocycles. The summed E-state index contributed by atoms with van der Waals surface area (Å²) in [6.07, 6.45) is 11.4. The summed E-state index contributed by atoms with van der Waals surface area (Å²) >= 11 is 1.61. The highest BCUT2D eigenvalue weighted by Gasteiger charge is 2.42. The number of aromatic hydroxyl groups is 1. The zero-order chi connectivity index (χ0) is 44.6. The highest BCUT2D eigenvalue weighted by Crippen LogP contribution is 2.40. The van der Waals surface area contributed by atoms with Gasteiger partial charge in [0.15, 0.2) is 12.4 Å². The molecule has 4 fully saturated rings. The third-order valence-electron chi connectivity index (χ3n) is 14.5. The first-order valence-corrected chi connectivity index (χ1v) is 24.8. The summed E-state index contributed by atoms with van der Waals surface area (Å²) in [5.41, 5.74) is 3.95. The standard InChI is InChI=1S/C49H68N6O8S/c1-3-36(4-2)46-50-39(32-64-46)47(58)55-26-28-63-49(33-55)18-22-52(23-19-49)30-35-10-8-9-34(29-35)17-27-61-41-16-21-54(44(41)48(59)60)25-24-53(38-11-6-5-7-12-38)20-15-37-13-14-40(56)43-45(37)62-31-42(57)51-43/h8-10,13-14,29,32,36,38,41,44,56H,3-7,11-12,15-28,30-31,33H2,1-2H3,(H,51,57)(H,59,60)/t41?,44-/m0/s1. The Morgan fingerprint density at radius 2 is 1.81 bits per heavy atom. The fourth-order valence-corrected chi connectivity index (χ4v) is 11.8. The predicted molar refractivity (Wildman–Crippen MR) is 246 cm³/mol. The Bertz CT molecular complexity index is 2060. The molecule has 2 atom stereocenters. The van der Waals surface area contributed by atoms with Crippen LogP contribution in [0.4, 0.5) is 5.69 Å². The number of carboxylic acids is 1. The fourth-order valence-electron chi connectivity index (χ4n) is 10.7. The number of fused-ring (bicyclic) bond motifs is 1. The van der Waals surface area contributed by atoms with E-state index in [2.05, 4.69) is 58.1 Å². The number of amides is 2. The number of ether oxygens (including phenoxy) is 3. The lowest BCUT2D eigenvalue weighted by Crippen LogP contribution is -2.58. The molecule has 15 heteroatoms. The molecule has 14 nitrogen and oxygen atoms in total. The minimum absolute atomic E-state index is 0.00476. The second kappa shape index (κ2) is 21.5. The van der Waals surface area contributed by atoms with E-state index in [0.717, 1.165) is 81.8 Å². The van der Waals surface area contributed by atoms with Crippen molar-refractivity contribution in [1.82, 2.24) is 24.6 Å². The maximum absolute atomic E-state index is 13.5. The van der Waals surface area contributed by atoms with E-state index in [1.54, 1.807) is 17.4 Å². The highest BCUT2D eigenvalue weighted by molar-refractivity contribution is 7.09. The molecule has 3 N–H and O–H groups in total. The van der Waals surface area contributed by atoms with Crippen LogP contribution in [0, 0.1) is 0 Å². The smallest absolute Gasteiger partial charge is 0.323 e. The molecule has 0 radical (unpaired) electrons. The van der Waals surface area contributed by atoms with Gasteiger partial charge in [-0.2, -0.15) is 0 Å². The molecule has 4 aliphatic heterocycles. The molecule has 3 aromatic rings. The molecule has 1 saturated carbocycles. The molecule has 5 heterocycles. The van der Waals surface area contributed by atoms with Crippen molar-refractivity contribution in [2.75, 3.05) is 77.5 Å². The van der Waals surface area contributed by atoms with Gasteiger partial charge in [-0.3, -0.25) is 29.1 Å². The summed E-state index contributed by atoms with van der Waals surface area (Å²) in [5, 5.41) is 26.6. The summed E-state index contributed by atoms with van der Waals surface area (Å²) < 4.78 is 18.6. The number of nitrogens with one attached hydrogen (secondary N) is 1. The van der Waals surface area contributed by atoms with Gasteiger partial charge in [0.05, 0.1) is 36.5 Å².